The van der Waals surface area contributed by atoms with Crippen LogP contribution in [0.15, 0.2) is 17.0 Å². The molecule has 2 unspecified atom stereocenters. The van der Waals surface area contributed by atoms with Crippen molar-refractivity contribution in [2.75, 3.05) is 11.9 Å². The standard InChI is InChI=1S/C12H14Cl2N2O4S/c1-6-2-7(5-20-6)12(17)16-11-9(13)3-8(4-10(11)14)21(15,18)19/h3-4,6-7H,2,5H2,1H3,(H,16,17)(H2,15,18,19). The van der Waals surface area contributed by atoms with Crippen molar-refractivity contribution in [2.45, 2.75) is 24.3 Å². The number of anilines is 1. The van der Waals surface area contributed by atoms with Gasteiger partial charge in [0, 0.05) is 0 Å². The number of sulfonamides is 1. The summed E-state index contributed by atoms with van der Waals surface area (Å²) in [4.78, 5) is 11.9. The minimum Gasteiger partial charge on any atom is -0.378 e. The highest BCUT2D eigenvalue weighted by molar-refractivity contribution is 7.89. The molecule has 0 aromatic heterocycles. The molecule has 1 aliphatic heterocycles. The molecule has 6 nitrogen and oxygen atoms in total. The van der Waals surface area contributed by atoms with Crippen molar-refractivity contribution in [3.8, 4) is 0 Å². The number of carbonyl (C=O) groups is 1. The van der Waals surface area contributed by atoms with Crippen molar-refractivity contribution in [3.63, 3.8) is 0 Å². The van der Waals surface area contributed by atoms with Crippen LogP contribution < -0.4 is 10.5 Å². The molecule has 0 bridgehead atoms. The fourth-order valence-corrected chi connectivity index (χ4v) is 3.33. The molecule has 1 aliphatic rings. The molecule has 116 valence electrons. The monoisotopic (exact) mass is 352 g/mol. The molecule has 0 spiro atoms. The Morgan fingerprint density at radius 3 is 2.38 bits per heavy atom. The maximum atomic E-state index is 12.1. The molecule has 1 amide bonds. The summed E-state index contributed by atoms with van der Waals surface area (Å²) in [6.07, 6.45) is 0.632. The Kier molecular flexibility index (Phi) is 4.79. The molecule has 0 radical (unpaired) electrons. The molecule has 0 aliphatic carbocycles. The SMILES string of the molecule is CC1CC(C(=O)Nc2c(Cl)cc(S(N)(=O)=O)cc2Cl)CO1. The second-order valence-corrected chi connectivity index (χ2v) is 7.25. The molecule has 1 aromatic carbocycles. The lowest BCUT2D eigenvalue weighted by molar-refractivity contribution is -0.119. The minimum absolute atomic E-state index is 0.00633. The summed E-state index contributed by atoms with van der Waals surface area (Å²) < 4.78 is 27.9. The number of benzene rings is 1. The third kappa shape index (κ3) is 3.87. The molecule has 2 atom stereocenters. The number of amides is 1. The lowest BCUT2D eigenvalue weighted by Gasteiger charge is -2.13. The zero-order chi connectivity index (χ0) is 15.8. The second kappa shape index (κ2) is 6.10. The maximum Gasteiger partial charge on any atom is 0.238 e. The van der Waals surface area contributed by atoms with Crippen LogP contribution in [0.1, 0.15) is 13.3 Å². The van der Waals surface area contributed by atoms with Crippen molar-refractivity contribution in [2.24, 2.45) is 11.1 Å². The number of rotatable bonds is 3. The Bertz CT molecular complexity index is 655. The van der Waals surface area contributed by atoms with Gasteiger partial charge in [-0.2, -0.15) is 0 Å². The lowest BCUT2D eigenvalue weighted by atomic mass is 10.1. The molecule has 0 saturated carbocycles. The normalized spacial score (nSPS) is 22.3. The van der Waals surface area contributed by atoms with E-state index in [1.54, 1.807) is 0 Å². The zero-order valence-electron chi connectivity index (χ0n) is 11.1. The minimum atomic E-state index is -3.92. The molecule has 1 fully saturated rings. The number of primary sulfonamides is 1. The number of halogens is 2. The summed E-state index contributed by atoms with van der Waals surface area (Å²) in [5.74, 6) is -0.559. The van der Waals surface area contributed by atoms with E-state index in [0.717, 1.165) is 12.1 Å². The van der Waals surface area contributed by atoms with Crippen molar-refractivity contribution >= 4 is 44.8 Å². The fourth-order valence-electron chi connectivity index (χ4n) is 2.06. The van der Waals surface area contributed by atoms with Crippen LogP contribution in [0.3, 0.4) is 0 Å². The molecular formula is C12H14Cl2N2O4S. The summed E-state index contributed by atoms with van der Waals surface area (Å²) in [6, 6.07) is 2.29. The molecule has 9 heteroatoms. The fraction of sp³-hybridized carbons (Fsp3) is 0.417. The summed E-state index contributed by atoms with van der Waals surface area (Å²) in [5, 5.41) is 7.63. The Morgan fingerprint density at radius 1 is 1.38 bits per heavy atom. The summed E-state index contributed by atoms with van der Waals surface area (Å²) in [6.45, 7) is 2.21. The third-order valence-electron chi connectivity index (χ3n) is 3.16. The second-order valence-electron chi connectivity index (χ2n) is 4.87. The van der Waals surface area contributed by atoms with Crippen LogP contribution in [0.5, 0.6) is 0 Å². The van der Waals surface area contributed by atoms with Crippen LogP contribution in [0, 0.1) is 5.92 Å². The number of hydrogen-bond donors (Lipinski definition) is 2. The van der Waals surface area contributed by atoms with Gasteiger partial charge in [-0.1, -0.05) is 23.2 Å². The predicted molar refractivity (Wildman–Crippen MR) is 80.0 cm³/mol. The Labute approximate surface area is 132 Å². The Balaban J connectivity index is 2.23. The van der Waals surface area contributed by atoms with Crippen LogP contribution in [0.2, 0.25) is 10.0 Å². The van der Waals surface area contributed by atoms with Crippen LogP contribution in [-0.2, 0) is 19.6 Å². The maximum absolute atomic E-state index is 12.1. The van der Waals surface area contributed by atoms with Crippen LogP contribution in [0.4, 0.5) is 5.69 Å². The van der Waals surface area contributed by atoms with Gasteiger partial charge in [0.1, 0.15) is 0 Å². The Morgan fingerprint density at radius 2 is 1.95 bits per heavy atom. The largest absolute Gasteiger partial charge is 0.378 e. The van der Waals surface area contributed by atoms with Gasteiger partial charge in [-0.3, -0.25) is 4.79 Å². The molecule has 21 heavy (non-hydrogen) atoms. The first-order chi connectivity index (χ1) is 9.68. The van der Waals surface area contributed by atoms with Crippen molar-refractivity contribution in [1.29, 1.82) is 0 Å². The van der Waals surface area contributed by atoms with Gasteiger partial charge >= 0.3 is 0 Å². The highest BCUT2D eigenvalue weighted by atomic mass is 35.5. The molecule has 1 heterocycles. The summed E-state index contributed by atoms with van der Waals surface area (Å²) >= 11 is 11.9. The van der Waals surface area contributed by atoms with Gasteiger partial charge in [0.05, 0.1) is 39.3 Å². The van der Waals surface area contributed by atoms with E-state index in [1.807, 2.05) is 6.92 Å². The third-order valence-corrected chi connectivity index (χ3v) is 4.65. The number of ether oxygens (including phenoxy) is 1. The van der Waals surface area contributed by atoms with E-state index in [2.05, 4.69) is 5.32 Å². The van der Waals surface area contributed by atoms with E-state index in [1.165, 1.54) is 0 Å². The van der Waals surface area contributed by atoms with Gasteiger partial charge in [0.25, 0.3) is 0 Å². The highest BCUT2D eigenvalue weighted by Gasteiger charge is 2.29. The van der Waals surface area contributed by atoms with E-state index in [-0.39, 0.29) is 38.6 Å². The number of nitrogens with two attached hydrogens (primary N) is 1. The van der Waals surface area contributed by atoms with E-state index in [0.29, 0.717) is 13.0 Å². The van der Waals surface area contributed by atoms with Crippen molar-refractivity contribution < 1.29 is 17.9 Å². The van der Waals surface area contributed by atoms with Gasteiger partial charge < -0.3 is 10.1 Å². The van der Waals surface area contributed by atoms with Gasteiger partial charge in [-0.05, 0) is 25.5 Å². The average molecular weight is 353 g/mol. The predicted octanol–water partition coefficient (Wildman–Crippen LogP) is 2.00. The Hall–Kier alpha value is -0.860. The van der Waals surface area contributed by atoms with Crippen molar-refractivity contribution in [3.05, 3.63) is 22.2 Å². The lowest BCUT2D eigenvalue weighted by Crippen LogP contribution is -2.23. The number of nitrogens with one attached hydrogen (secondary N) is 1. The molecule has 1 saturated heterocycles. The topological polar surface area (TPSA) is 98.5 Å². The van der Waals surface area contributed by atoms with Gasteiger partial charge in [0.2, 0.25) is 15.9 Å². The smallest absolute Gasteiger partial charge is 0.238 e. The highest BCUT2D eigenvalue weighted by Crippen LogP contribution is 2.34. The van der Waals surface area contributed by atoms with E-state index < -0.39 is 10.0 Å². The average Bonchev–Trinajstić information content (AvgIpc) is 2.79. The first-order valence-electron chi connectivity index (χ1n) is 6.13. The molecule has 1 aromatic rings. The van der Waals surface area contributed by atoms with Gasteiger partial charge in [0.15, 0.2) is 0 Å². The number of carbonyl (C=O) groups excluding carboxylic acids is 1. The quantitative estimate of drug-likeness (QED) is 0.868. The van der Waals surface area contributed by atoms with Crippen LogP contribution in [0.25, 0.3) is 0 Å². The van der Waals surface area contributed by atoms with Gasteiger partial charge in [-0.15, -0.1) is 0 Å². The van der Waals surface area contributed by atoms with Crippen LogP contribution >= 0.6 is 23.2 Å². The zero-order valence-corrected chi connectivity index (χ0v) is 13.4. The molecule has 2 rings (SSSR count). The summed E-state index contributed by atoms with van der Waals surface area (Å²) in [5.41, 5.74) is 0.162. The van der Waals surface area contributed by atoms with E-state index in [9.17, 15) is 13.2 Å². The van der Waals surface area contributed by atoms with Crippen molar-refractivity contribution in [1.82, 2.24) is 0 Å². The number of hydrogen-bond acceptors (Lipinski definition) is 4. The molecule has 3 N–H and O–H groups in total. The summed E-state index contributed by atoms with van der Waals surface area (Å²) in [7, 11) is -3.92. The first kappa shape index (κ1) is 16.5. The van der Waals surface area contributed by atoms with E-state index in [4.69, 9.17) is 33.1 Å². The first-order valence-corrected chi connectivity index (χ1v) is 8.43. The molecular weight excluding hydrogens is 339 g/mol. The van der Waals surface area contributed by atoms with Crippen LogP contribution in [-0.4, -0.2) is 27.0 Å². The van der Waals surface area contributed by atoms with E-state index >= 15 is 0 Å². The van der Waals surface area contributed by atoms with Gasteiger partial charge in [-0.25, -0.2) is 13.6 Å².